The van der Waals surface area contributed by atoms with Crippen molar-refractivity contribution in [2.45, 2.75) is 13.0 Å². The number of ether oxygens (including phenoxy) is 2. The minimum absolute atomic E-state index is 0.149. The van der Waals surface area contributed by atoms with Crippen LogP contribution < -0.4 is 14.4 Å². The van der Waals surface area contributed by atoms with Crippen molar-refractivity contribution in [1.29, 1.82) is 0 Å². The number of aryl methyl sites for hydroxylation is 1. The molecule has 1 aliphatic heterocycles. The van der Waals surface area contributed by atoms with Crippen LogP contribution in [0, 0.1) is 0 Å². The lowest BCUT2D eigenvalue weighted by Crippen LogP contribution is -2.23. The SMILES string of the molecule is COc1ccc(N2Cc3ccc(CCS(=O)(=O)O)cc3C2=O)cc1OC. The molecular formula is C18H19NO6S. The molecule has 7 nitrogen and oxygen atoms in total. The first kappa shape index (κ1) is 18.2. The van der Waals surface area contributed by atoms with E-state index in [-0.39, 0.29) is 18.1 Å². The van der Waals surface area contributed by atoms with Gasteiger partial charge in [0, 0.05) is 17.3 Å². The second-order valence-corrected chi connectivity index (χ2v) is 7.53. The van der Waals surface area contributed by atoms with Crippen molar-refractivity contribution in [3.8, 4) is 11.5 Å². The van der Waals surface area contributed by atoms with Crippen molar-refractivity contribution in [3.63, 3.8) is 0 Å². The number of hydrogen-bond donors (Lipinski definition) is 1. The van der Waals surface area contributed by atoms with E-state index in [1.54, 1.807) is 42.3 Å². The Morgan fingerprint density at radius 1 is 1.08 bits per heavy atom. The lowest BCUT2D eigenvalue weighted by molar-refractivity contribution is 0.0996. The third-order valence-electron chi connectivity index (χ3n) is 4.31. The molecule has 2 aromatic carbocycles. The summed E-state index contributed by atoms with van der Waals surface area (Å²) < 4.78 is 41.2. The van der Waals surface area contributed by atoms with Crippen LogP contribution in [0.2, 0.25) is 0 Å². The highest BCUT2D eigenvalue weighted by molar-refractivity contribution is 7.85. The van der Waals surface area contributed by atoms with Crippen LogP contribution in [0.15, 0.2) is 36.4 Å². The van der Waals surface area contributed by atoms with Crippen LogP contribution in [-0.2, 0) is 23.1 Å². The van der Waals surface area contributed by atoms with E-state index in [1.807, 2.05) is 6.07 Å². The maximum Gasteiger partial charge on any atom is 0.265 e. The molecule has 0 aromatic heterocycles. The van der Waals surface area contributed by atoms with Crippen molar-refractivity contribution in [1.82, 2.24) is 0 Å². The normalized spacial score (nSPS) is 13.7. The van der Waals surface area contributed by atoms with E-state index >= 15 is 0 Å². The van der Waals surface area contributed by atoms with Gasteiger partial charge in [-0.1, -0.05) is 12.1 Å². The molecule has 3 rings (SSSR count). The molecule has 8 heteroatoms. The first-order valence-corrected chi connectivity index (χ1v) is 9.54. The lowest BCUT2D eigenvalue weighted by atomic mass is 10.0. The van der Waals surface area contributed by atoms with Crippen molar-refractivity contribution < 1.29 is 27.2 Å². The fourth-order valence-electron chi connectivity index (χ4n) is 2.95. The highest BCUT2D eigenvalue weighted by Gasteiger charge is 2.29. The standard InChI is InChI=1S/C18H19NO6S/c1-24-16-6-5-14(10-17(16)25-2)19-11-13-4-3-12(7-8-26(21,22)23)9-15(13)18(19)20/h3-6,9-10H,7-8,11H2,1-2H3,(H,21,22,23). The van der Waals surface area contributed by atoms with Crippen LogP contribution in [0.1, 0.15) is 21.5 Å². The van der Waals surface area contributed by atoms with Gasteiger partial charge in [-0.15, -0.1) is 0 Å². The number of amides is 1. The molecule has 2 aromatic rings. The maximum absolute atomic E-state index is 12.8. The fraction of sp³-hybridized carbons (Fsp3) is 0.278. The van der Waals surface area contributed by atoms with Gasteiger partial charge in [-0.25, -0.2) is 0 Å². The Hall–Kier alpha value is -2.58. The Morgan fingerprint density at radius 3 is 2.46 bits per heavy atom. The van der Waals surface area contributed by atoms with Gasteiger partial charge < -0.3 is 14.4 Å². The smallest absolute Gasteiger partial charge is 0.265 e. The van der Waals surface area contributed by atoms with Crippen LogP contribution in [0.25, 0.3) is 0 Å². The van der Waals surface area contributed by atoms with Crippen LogP contribution in [0.5, 0.6) is 11.5 Å². The van der Waals surface area contributed by atoms with Gasteiger partial charge in [-0.05, 0) is 35.7 Å². The summed E-state index contributed by atoms with van der Waals surface area (Å²) in [5, 5.41) is 0. The quantitative estimate of drug-likeness (QED) is 0.777. The summed E-state index contributed by atoms with van der Waals surface area (Å²) in [6, 6.07) is 10.5. The molecule has 0 unspecified atom stereocenters. The van der Waals surface area contributed by atoms with E-state index in [2.05, 4.69) is 0 Å². The summed E-state index contributed by atoms with van der Waals surface area (Å²) >= 11 is 0. The Kier molecular flexibility index (Phi) is 4.88. The summed E-state index contributed by atoms with van der Waals surface area (Å²) in [5.41, 5.74) is 2.76. The number of rotatable bonds is 6. The minimum atomic E-state index is -4.04. The van der Waals surface area contributed by atoms with Gasteiger partial charge in [0.2, 0.25) is 0 Å². The predicted octanol–water partition coefficient (Wildman–Crippen LogP) is 2.29. The van der Waals surface area contributed by atoms with Crippen LogP contribution in [0.3, 0.4) is 0 Å². The molecule has 0 saturated carbocycles. The molecule has 0 aliphatic carbocycles. The van der Waals surface area contributed by atoms with E-state index in [1.165, 1.54) is 7.11 Å². The molecule has 1 heterocycles. The molecule has 0 saturated heterocycles. The van der Waals surface area contributed by atoms with Gasteiger partial charge in [0.05, 0.1) is 26.5 Å². The van der Waals surface area contributed by atoms with E-state index in [9.17, 15) is 13.2 Å². The van der Waals surface area contributed by atoms with Crippen molar-refractivity contribution in [3.05, 3.63) is 53.1 Å². The monoisotopic (exact) mass is 377 g/mol. The highest BCUT2D eigenvalue weighted by atomic mass is 32.2. The Morgan fingerprint density at radius 2 is 1.81 bits per heavy atom. The van der Waals surface area contributed by atoms with E-state index in [0.717, 1.165) is 5.56 Å². The Balaban J connectivity index is 1.86. The number of carbonyl (C=O) groups is 1. The number of carbonyl (C=O) groups excluding carboxylic acids is 1. The summed E-state index contributed by atoms with van der Waals surface area (Å²) in [5.74, 6) is 0.566. The molecular weight excluding hydrogens is 358 g/mol. The summed E-state index contributed by atoms with van der Waals surface area (Å²) in [6.45, 7) is 0.419. The molecule has 0 fully saturated rings. The second-order valence-electron chi connectivity index (χ2n) is 5.96. The maximum atomic E-state index is 12.8. The van der Waals surface area contributed by atoms with Crippen LogP contribution in [0.4, 0.5) is 5.69 Å². The predicted molar refractivity (Wildman–Crippen MR) is 96.6 cm³/mol. The number of benzene rings is 2. The third kappa shape index (κ3) is 3.66. The van der Waals surface area contributed by atoms with Gasteiger partial charge >= 0.3 is 0 Å². The van der Waals surface area contributed by atoms with Gasteiger partial charge in [-0.2, -0.15) is 8.42 Å². The largest absolute Gasteiger partial charge is 0.493 e. The van der Waals surface area contributed by atoms with Gasteiger partial charge in [-0.3, -0.25) is 9.35 Å². The number of fused-ring (bicyclic) bond motifs is 1. The molecule has 0 atom stereocenters. The Labute approximate surface area is 151 Å². The number of hydrogen-bond acceptors (Lipinski definition) is 5. The molecule has 1 amide bonds. The van der Waals surface area contributed by atoms with E-state index < -0.39 is 10.1 Å². The topological polar surface area (TPSA) is 93.1 Å². The first-order valence-electron chi connectivity index (χ1n) is 7.93. The van der Waals surface area contributed by atoms with E-state index in [4.69, 9.17) is 14.0 Å². The van der Waals surface area contributed by atoms with Crippen molar-refractivity contribution in [2.24, 2.45) is 0 Å². The first-order chi connectivity index (χ1) is 12.3. The summed E-state index contributed by atoms with van der Waals surface area (Å²) in [6.07, 6.45) is 0.149. The number of anilines is 1. The molecule has 0 spiro atoms. The Bertz CT molecular complexity index is 954. The van der Waals surface area contributed by atoms with Gasteiger partial charge in [0.15, 0.2) is 11.5 Å². The zero-order valence-electron chi connectivity index (χ0n) is 14.4. The van der Waals surface area contributed by atoms with Crippen LogP contribution >= 0.6 is 0 Å². The second kappa shape index (κ2) is 6.97. The van der Waals surface area contributed by atoms with Gasteiger partial charge in [0.1, 0.15) is 0 Å². The molecule has 26 heavy (non-hydrogen) atoms. The molecule has 0 radical (unpaired) electrons. The van der Waals surface area contributed by atoms with Gasteiger partial charge in [0.25, 0.3) is 16.0 Å². The average molecular weight is 377 g/mol. The summed E-state index contributed by atoms with van der Waals surface area (Å²) in [4.78, 5) is 14.4. The fourth-order valence-corrected chi connectivity index (χ4v) is 3.45. The minimum Gasteiger partial charge on any atom is -0.493 e. The van der Waals surface area contributed by atoms with Crippen LogP contribution in [-0.4, -0.2) is 38.9 Å². The molecule has 138 valence electrons. The lowest BCUT2D eigenvalue weighted by Gasteiger charge is -2.17. The highest BCUT2D eigenvalue weighted by Crippen LogP contribution is 2.35. The summed E-state index contributed by atoms with van der Waals surface area (Å²) in [7, 11) is -0.964. The van der Waals surface area contributed by atoms with E-state index in [0.29, 0.717) is 34.9 Å². The van der Waals surface area contributed by atoms with Crippen molar-refractivity contribution >= 4 is 21.7 Å². The zero-order valence-corrected chi connectivity index (χ0v) is 15.2. The number of nitrogens with zero attached hydrogens (tertiary/aromatic N) is 1. The van der Waals surface area contributed by atoms with Crippen molar-refractivity contribution in [2.75, 3.05) is 24.9 Å². The molecule has 1 N–H and O–H groups in total. The number of methoxy groups -OCH3 is 2. The average Bonchev–Trinajstić information content (AvgIpc) is 2.95. The third-order valence-corrected chi connectivity index (χ3v) is 5.03. The zero-order chi connectivity index (χ0) is 18.9. The molecule has 0 bridgehead atoms. The molecule has 1 aliphatic rings.